The van der Waals surface area contributed by atoms with Crippen LogP contribution >= 0.6 is 0 Å². The van der Waals surface area contributed by atoms with E-state index in [2.05, 4.69) is 10.3 Å². The molecule has 0 atom stereocenters. The van der Waals surface area contributed by atoms with Gasteiger partial charge in [0.25, 0.3) is 5.91 Å². The Bertz CT molecular complexity index is 729. The van der Waals surface area contributed by atoms with Crippen molar-refractivity contribution < 1.29 is 19.1 Å². The average Bonchev–Trinajstić information content (AvgIpc) is 2.41. The van der Waals surface area contributed by atoms with Crippen molar-refractivity contribution in [3.8, 4) is 0 Å². The molecule has 0 bridgehead atoms. The van der Waals surface area contributed by atoms with Crippen LogP contribution in [0.5, 0.6) is 0 Å². The molecule has 0 aliphatic heterocycles. The Morgan fingerprint density at radius 1 is 1.24 bits per heavy atom. The van der Waals surface area contributed by atoms with Crippen molar-refractivity contribution in [1.82, 2.24) is 4.98 Å². The quantitative estimate of drug-likeness (QED) is 0.851. The normalized spacial score (nSPS) is 10.2. The molecule has 6 heteroatoms. The number of carboxylic acids is 1. The first kappa shape index (κ1) is 14.6. The number of benzene rings is 1. The summed E-state index contributed by atoms with van der Waals surface area (Å²) in [5, 5.41) is 11.7. The van der Waals surface area contributed by atoms with Gasteiger partial charge in [0.15, 0.2) is 0 Å². The number of halogens is 1. The second-order valence-electron chi connectivity index (χ2n) is 4.61. The molecule has 2 rings (SSSR count). The number of aromatic carboxylic acids is 1. The van der Waals surface area contributed by atoms with E-state index in [9.17, 15) is 19.1 Å². The molecule has 0 aliphatic rings. The molecule has 2 N–H and O–H groups in total. The first-order valence-electron chi connectivity index (χ1n) is 6.17. The fourth-order valence-corrected chi connectivity index (χ4v) is 2.01. The van der Waals surface area contributed by atoms with Gasteiger partial charge in [-0.15, -0.1) is 0 Å². The van der Waals surface area contributed by atoms with Gasteiger partial charge in [0.1, 0.15) is 5.69 Å². The van der Waals surface area contributed by atoms with Crippen LogP contribution in [-0.4, -0.2) is 22.0 Å². The maximum atomic E-state index is 13.0. The number of hydrogen-bond donors (Lipinski definition) is 2. The molecule has 21 heavy (non-hydrogen) atoms. The molecule has 0 saturated carbocycles. The summed E-state index contributed by atoms with van der Waals surface area (Å²) >= 11 is 0. The van der Waals surface area contributed by atoms with E-state index >= 15 is 0 Å². The van der Waals surface area contributed by atoms with Crippen molar-refractivity contribution >= 4 is 17.6 Å². The summed E-state index contributed by atoms with van der Waals surface area (Å²) < 4.78 is 13.0. The Morgan fingerprint density at radius 3 is 2.57 bits per heavy atom. The van der Waals surface area contributed by atoms with Gasteiger partial charge >= 0.3 is 5.97 Å². The topological polar surface area (TPSA) is 79.3 Å². The Balaban J connectivity index is 2.39. The summed E-state index contributed by atoms with van der Waals surface area (Å²) in [6.45, 7) is 3.45. The minimum absolute atomic E-state index is 0.0164. The first-order chi connectivity index (χ1) is 9.88. The van der Waals surface area contributed by atoms with Crippen LogP contribution in [0.1, 0.15) is 32.0 Å². The lowest BCUT2D eigenvalue weighted by atomic mass is 10.0. The third kappa shape index (κ3) is 3.22. The number of carboxylic acid groups (broad SMARTS) is 1. The number of hydrogen-bond acceptors (Lipinski definition) is 3. The van der Waals surface area contributed by atoms with Gasteiger partial charge in [-0.25, -0.2) is 9.78 Å². The summed E-state index contributed by atoms with van der Waals surface area (Å²) in [4.78, 5) is 26.8. The second-order valence-corrected chi connectivity index (χ2v) is 4.61. The molecule has 1 heterocycles. The lowest BCUT2D eigenvalue weighted by Gasteiger charge is -2.12. The van der Waals surface area contributed by atoms with Gasteiger partial charge in [0, 0.05) is 0 Å². The molecule has 5 nitrogen and oxygen atoms in total. The third-order valence-electron chi connectivity index (χ3n) is 2.90. The predicted molar refractivity (Wildman–Crippen MR) is 75.0 cm³/mol. The maximum absolute atomic E-state index is 13.0. The first-order valence-corrected chi connectivity index (χ1v) is 6.17. The van der Waals surface area contributed by atoms with Crippen LogP contribution in [0.2, 0.25) is 0 Å². The van der Waals surface area contributed by atoms with Gasteiger partial charge in [0.05, 0.1) is 11.3 Å². The van der Waals surface area contributed by atoms with Crippen LogP contribution in [0.4, 0.5) is 10.1 Å². The molecule has 1 amide bonds. The second kappa shape index (κ2) is 5.70. The van der Waals surface area contributed by atoms with Crippen molar-refractivity contribution in [2.45, 2.75) is 13.8 Å². The number of nitrogens with zero attached hydrogens (tertiary/aromatic N) is 1. The predicted octanol–water partition coefficient (Wildman–Crippen LogP) is 2.79. The van der Waals surface area contributed by atoms with Gasteiger partial charge in [-0.2, -0.15) is 4.39 Å². The fourth-order valence-electron chi connectivity index (χ4n) is 2.01. The van der Waals surface area contributed by atoms with Crippen molar-refractivity contribution in [2.24, 2.45) is 0 Å². The van der Waals surface area contributed by atoms with E-state index in [0.717, 1.165) is 11.6 Å². The van der Waals surface area contributed by atoms with E-state index in [1.807, 2.05) is 0 Å². The zero-order chi connectivity index (χ0) is 15.6. The number of carbonyl (C=O) groups is 2. The zero-order valence-corrected chi connectivity index (χ0v) is 11.5. The number of nitrogens with one attached hydrogen (secondary N) is 1. The van der Waals surface area contributed by atoms with Crippen molar-refractivity contribution in [3.05, 3.63) is 58.7 Å². The number of anilines is 1. The van der Waals surface area contributed by atoms with Crippen LogP contribution in [-0.2, 0) is 0 Å². The molecular weight excluding hydrogens is 275 g/mol. The van der Waals surface area contributed by atoms with E-state index in [1.165, 1.54) is 18.2 Å². The standard InChI is InChI=1S/C15H13FN2O3/c1-8-6-9(2)13(10(7-8)15(20)21)18-14(19)11-4-3-5-12(16)17-11/h3-7H,1-2H3,(H,18,19)(H,20,21). The minimum atomic E-state index is -1.15. The van der Waals surface area contributed by atoms with Gasteiger partial charge in [-0.1, -0.05) is 12.1 Å². The molecule has 0 aliphatic carbocycles. The van der Waals surface area contributed by atoms with Crippen molar-refractivity contribution in [3.63, 3.8) is 0 Å². The van der Waals surface area contributed by atoms with Crippen molar-refractivity contribution in [1.29, 1.82) is 0 Å². The van der Waals surface area contributed by atoms with E-state index in [4.69, 9.17) is 0 Å². The highest BCUT2D eigenvalue weighted by Crippen LogP contribution is 2.23. The van der Waals surface area contributed by atoms with Crippen molar-refractivity contribution in [2.75, 3.05) is 5.32 Å². The van der Waals surface area contributed by atoms with Crippen LogP contribution in [0.25, 0.3) is 0 Å². The minimum Gasteiger partial charge on any atom is -0.478 e. The monoisotopic (exact) mass is 288 g/mol. The van der Waals surface area contributed by atoms with Crippen LogP contribution < -0.4 is 5.32 Å². The SMILES string of the molecule is Cc1cc(C)c(NC(=O)c2cccc(F)n2)c(C(=O)O)c1. The van der Waals surface area contributed by atoms with Crippen LogP contribution in [0, 0.1) is 19.8 Å². The third-order valence-corrected chi connectivity index (χ3v) is 2.90. The lowest BCUT2D eigenvalue weighted by molar-refractivity contribution is 0.0698. The Labute approximate surface area is 120 Å². The number of pyridine rings is 1. The Kier molecular flexibility index (Phi) is 3.98. The van der Waals surface area contributed by atoms with E-state index < -0.39 is 17.8 Å². The Hall–Kier alpha value is -2.76. The number of carbonyl (C=O) groups excluding carboxylic acids is 1. The van der Waals surface area contributed by atoms with Gasteiger partial charge in [0.2, 0.25) is 5.95 Å². The lowest BCUT2D eigenvalue weighted by Crippen LogP contribution is -2.17. The number of aromatic nitrogens is 1. The molecule has 0 fully saturated rings. The zero-order valence-electron chi connectivity index (χ0n) is 11.5. The van der Waals surface area contributed by atoms with Gasteiger partial charge in [-0.3, -0.25) is 4.79 Å². The summed E-state index contributed by atoms with van der Waals surface area (Å²) in [6, 6.07) is 7.04. The average molecular weight is 288 g/mol. The molecule has 1 aromatic heterocycles. The molecule has 0 saturated heterocycles. The van der Waals surface area contributed by atoms with E-state index in [-0.39, 0.29) is 16.9 Å². The summed E-state index contributed by atoms with van der Waals surface area (Å²) in [5.74, 6) is -2.59. The molecule has 1 aromatic carbocycles. The van der Waals surface area contributed by atoms with Gasteiger partial charge in [-0.05, 0) is 43.2 Å². The highest BCUT2D eigenvalue weighted by Gasteiger charge is 2.17. The van der Waals surface area contributed by atoms with Gasteiger partial charge < -0.3 is 10.4 Å². The molecule has 0 radical (unpaired) electrons. The van der Waals surface area contributed by atoms with E-state index in [0.29, 0.717) is 5.56 Å². The number of aryl methyl sites for hydroxylation is 2. The summed E-state index contributed by atoms with van der Waals surface area (Å²) in [7, 11) is 0. The molecular formula is C15H13FN2O3. The maximum Gasteiger partial charge on any atom is 0.337 e. The molecule has 2 aromatic rings. The molecule has 108 valence electrons. The largest absolute Gasteiger partial charge is 0.478 e. The number of amides is 1. The summed E-state index contributed by atoms with van der Waals surface area (Å²) in [6.07, 6.45) is 0. The Morgan fingerprint density at radius 2 is 1.95 bits per heavy atom. The highest BCUT2D eigenvalue weighted by molar-refractivity contribution is 6.07. The molecule has 0 spiro atoms. The van der Waals surface area contributed by atoms with E-state index in [1.54, 1.807) is 19.9 Å². The van der Waals surface area contributed by atoms with Crippen LogP contribution in [0.3, 0.4) is 0 Å². The van der Waals surface area contributed by atoms with Crippen LogP contribution in [0.15, 0.2) is 30.3 Å². The molecule has 0 unspecified atom stereocenters. The summed E-state index contributed by atoms with van der Waals surface area (Å²) in [5.41, 5.74) is 1.43. The number of rotatable bonds is 3. The highest BCUT2D eigenvalue weighted by atomic mass is 19.1. The fraction of sp³-hybridized carbons (Fsp3) is 0.133. The smallest absolute Gasteiger partial charge is 0.337 e.